The molecule has 0 aromatic carbocycles. The van der Waals surface area contributed by atoms with E-state index < -0.39 is 0 Å². The summed E-state index contributed by atoms with van der Waals surface area (Å²) in [6, 6.07) is 1.27. The second-order valence-electron chi connectivity index (χ2n) is 14.1. The van der Waals surface area contributed by atoms with Gasteiger partial charge in [-0.15, -0.1) is 0 Å². The topological polar surface area (TPSA) is 72.0 Å². The quantitative estimate of drug-likeness (QED) is 0.0364. The Labute approximate surface area is 278 Å². The lowest BCUT2D eigenvalue weighted by molar-refractivity contribution is -0.153. The second-order valence-corrected chi connectivity index (χ2v) is 14.1. The Morgan fingerprint density at radius 1 is 0.711 bits per heavy atom. The Hall–Kier alpha value is -0.770. The van der Waals surface area contributed by atoms with E-state index in [1.807, 2.05) is 0 Å². The summed E-state index contributed by atoms with van der Waals surface area (Å²) < 4.78 is 24.3. The van der Waals surface area contributed by atoms with Crippen molar-refractivity contribution in [1.29, 1.82) is 0 Å². The Bertz CT molecular complexity index is 728. The molecule has 0 aromatic heterocycles. The number of hydrogen-bond acceptors (Lipinski definition) is 8. The largest absolute Gasteiger partial charge is 0.459 e. The van der Waals surface area contributed by atoms with E-state index in [9.17, 15) is 4.79 Å². The summed E-state index contributed by atoms with van der Waals surface area (Å²) >= 11 is 0. The molecule has 0 saturated carbocycles. The number of unbranched alkanes of at least 4 members (excludes halogenated alkanes) is 6. The first-order valence-electron chi connectivity index (χ1n) is 19.0. The smallest absolute Gasteiger partial charge is 0.306 e. The lowest BCUT2D eigenvalue weighted by Crippen LogP contribution is -2.33. The molecular formula is C37H73N3O5. The molecule has 0 aromatic rings. The highest BCUT2D eigenvalue weighted by molar-refractivity contribution is 5.69. The van der Waals surface area contributed by atoms with Crippen LogP contribution in [0.15, 0.2) is 0 Å². The molecule has 266 valence electrons. The van der Waals surface area contributed by atoms with Crippen LogP contribution in [0, 0.1) is 11.8 Å². The number of ether oxygens (including phenoxy) is 4. The molecule has 2 saturated heterocycles. The van der Waals surface area contributed by atoms with Crippen LogP contribution in [0.3, 0.4) is 0 Å². The summed E-state index contributed by atoms with van der Waals surface area (Å²) in [5.41, 5.74) is 0. The van der Waals surface area contributed by atoms with E-state index in [0.717, 1.165) is 77.9 Å². The van der Waals surface area contributed by atoms with Gasteiger partial charge < -0.3 is 18.9 Å². The van der Waals surface area contributed by atoms with Crippen molar-refractivity contribution < 1.29 is 23.7 Å². The van der Waals surface area contributed by atoms with Gasteiger partial charge in [-0.2, -0.15) is 0 Å². The minimum absolute atomic E-state index is 0.0726. The standard InChI is InChI=1S/C37H73N3O5/c1-7-11-18-33(9-3)26-42-28-35(24-39-22-31(39)5)44-30-38-21-17-15-13-14-16-20-37(41)45-36(25-40-23-32(40)6)29-43-27-34(10-4)19-12-8-2/h31-36,38H,7-30H2,1-6H3. The molecule has 8 unspecified atom stereocenters. The Kier molecular flexibility index (Phi) is 22.7. The van der Waals surface area contributed by atoms with Gasteiger partial charge in [0.25, 0.3) is 0 Å². The average molecular weight is 640 g/mol. The fourth-order valence-electron chi connectivity index (χ4n) is 5.97. The first kappa shape index (κ1) is 40.4. The van der Waals surface area contributed by atoms with Crippen LogP contribution in [0.2, 0.25) is 0 Å². The first-order valence-corrected chi connectivity index (χ1v) is 19.0. The zero-order valence-corrected chi connectivity index (χ0v) is 30.4. The molecule has 2 rings (SSSR count). The first-order chi connectivity index (χ1) is 21.9. The maximum Gasteiger partial charge on any atom is 0.306 e. The highest BCUT2D eigenvalue weighted by Gasteiger charge is 2.33. The van der Waals surface area contributed by atoms with E-state index in [-0.39, 0.29) is 18.2 Å². The van der Waals surface area contributed by atoms with Gasteiger partial charge in [0.1, 0.15) is 6.10 Å². The normalized spacial score (nSPS) is 23.4. The van der Waals surface area contributed by atoms with E-state index in [1.165, 1.54) is 51.5 Å². The fraction of sp³-hybridized carbons (Fsp3) is 0.973. The molecule has 8 nitrogen and oxygen atoms in total. The SMILES string of the molecule is CCCCC(CC)COCC(CN1CC1C)OCNCCCCCCCC(=O)OC(COCC(CC)CCCC)CN1CC1C. The Balaban J connectivity index is 1.51. The van der Waals surface area contributed by atoms with Gasteiger partial charge in [0.15, 0.2) is 0 Å². The third-order valence-electron chi connectivity index (χ3n) is 9.71. The van der Waals surface area contributed by atoms with Crippen LogP contribution in [-0.4, -0.2) is 106 Å². The number of carbonyl (C=O) groups excluding carboxylic acids is 1. The third kappa shape index (κ3) is 20.3. The van der Waals surface area contributed by atoms with Crippen molar-refractivity contribution in [2.24, 2.45) is 11.8 Å². The van der Waals surface area contributed by atoms with E-state index in [1.54, 1.807) is 0 Å². The molecule has 45 heavy (non-hydrogen) atoms. The van der Waals surface area contributed by atoms with Gasteiger partial charge in [0.05, 0.1) is 26.0 Å². The van der Waals surface area contributed by atoms with Gasteiger partial charge >= 0.3 is 5.97 Å². The van der Waals surface area contributed by atoms with E-state index in [4.69, 9.17) is 18.9 Å². The fourth-order valence-corrected chi connectivity index (χ4v) is 5.97. The number of hydrogen-bond donors (Lipinski definition) is 1. The highest BCUT2D eigenvalue weighted by atomic mass is 16.6. The van der Waals surface area contributed by atoms with E-state index in [0.29, 0.717) is 50.3 Å². The molecule has 2 aliphatic rings. The lowest BCUT2D eigenvalue weighted by atomic mass is 10.0. The number of esters is 1. The van der Waals surface area contributed by atoms with Crippen LogP contribution in [-0.2, 0) is 23.7 Å². The van der Waals surface area contributed by atoms with Crippen molar-refractivity contribution in [3.05, 3.63) is 0 Å². The summed E-state index contributed by atoms with van der Waals surface area (Å²) in [5, 5.41) is 3.46. The number of rotatable bonds is 32. The monoisotopic (exact) mass is 640 g/mol. The Morgan fingerprint density at radius 2 is 1.22 bits per heavy atom. The molecule has 2 heterocycles. The number of carbonyl (C=O) groups is 1. The molecule has 0 radical (unpaired) electrons. The minimum Gasteiger partial charge on any atom is -0.459 e. The summed E-state index contributed by atoms with van der Waals surface area (Å²) in [6.07, 6.45) is 15.7. The van der Waals surface area contributed by atoms with Crippen molar-refractivity contribution in [3.8, 4) is 0 Å². The minimum atomic E-state index is -0.158. The van der Waals surface area contributed by atoms with Gasteiger partial charge in [0, 0.05) is 57.9 Å². The summed E-state index contributed by atoms with van der Waals surface area (Å²) in [5.74, 6) is 1.20. The molecule has 8 heteroatoms. The van der Waals surface area contributed by atoms with Crippen molar-refractivity contribution in [3.63, 3.8) is 0 Å². The van der Waals surface area contributed by atoms with E-state index in [2.05, 4.69) is 56.7 Å². The van der Waals surface area contributed by atoms with Gasteiger partial charge in [-0.05, 0) is 57.9 Å². The second kappa shape index (κ2) is 25.3. The molecule has 2 aliphatic heterocycles. The lowest BCUT2D eigenvalue weighted by Gasteiger charge is -2.21. The van der Waals surface area contributed by atoms with Gasteiger partial charge in [-0.25, -0.2) is 0 Å². The van der Waals surface area contributed by atoms with Crippen LogP contribution in [0.4, 0.5) is 0 Å². The summed E-state index contributed by atoms with van der Waals surface area (Å²) in [6.45, 7) is 21.9. The van der Waals surface area contributed by atoms with E-state index >= 15 is 0 Å². The van der Waals surface area contributed by atoms with Gasteiger partial charge in [-0.1, -0.05) is 85.5 Å². The molecule has 0 bridgehead atoms. The molecule has 1 N–H and O–H groups in total. The maximum absolute atomic E-state index is 12.6. The summed E-state index contributed by atoms with van der Waals surface area (Å²) in [4.78, 5) is 17.4. The maximum atomic E-state index is 12.6. The predicted octanol–water partition coefficient (Wildman–Crippen LogP) is 7.05. The van der Waals surface area contributed by atoms with Gasteiger partial charge in [0.2, 0.25) is 0 Å². The van der Waals surface area contributed by atoms with Crippen molar-refractivity contribution in [2.45, 2.75) is 156 Å². The number of nitrogens with zero attached hydrogens (tertiary/aromatic N) is 2. The molecule has 0 aliphatic carbocycles. The van der Waals surface area contributed by atoms with Crippen molar-refractivity contribution >= 4 is 5.97 Å². The predicted molar refractivity (Wildman–Crippen MR) is 186 cm³/mol. The number of nitrogens with one attached hydrogen (secondary N) is 1. The van der Waals surface area contributed by atoms with Gasteiger partial charge in [-0.3, -0.25) is 19.9 Å². The molecule has 0 amide bonds. The molecule has 0 spiro atoms. The van der Waals surface area contributed by atoms with Crippen LogP contribution in [0.5, 0.6) is 0 Å². The third-order valence-corrected chi connectivity index (χ3v) is 9.71. The van der Waals surface area contributed by atoms with Crippen LogP contribution >= 0.6 is 0 Å². The summed E-state index contributed by atoms with van der Waals surface area (Å²) in [7, 11) is 0. The highest BCUT2D eigenvalue weighted by Crippen LogP contribution is 2.20. The molecular weight excluding hydrogens is 566 g/mol. The van der Waals surface area contributed by atoms with Crippen molar-refractivity contribution in [1.82, 2.24) is 15.1 Å². The molecule has 2 fully saturated rings. The van der Waals surface area contributed by atoms with Crippen LogP contribution in [0.25, 0.3) is 0 Å². The average Bonchev–Trinajstić information content (AvgIpc) is 3.93. The Morgan fingerprint density at radius 3 is 1.76 bits per heavy atom. The zero-order valence-electron chi connectivity index (χ0n) is 30.4. The van der Waals surface area contributed by atoms with Crippen molar-refractivity contribution in [2.75, 3.05) is 65.9 Å². The van der Waals surface area contributed by atoms with Crippen LogP contribution in [0.1, 0.15) is 131 Å². The molecule has 8 atom stereocenters. The van der Waals surface area contributed by atoms with Crippen LogP contribution < -0.4 is 5.32 Å². The zero-order chi connectivity index (χ0) is 32.7.